The Morgan fingerprint density at radius 2 is 2.00 bits per heavy atom. The molecule has 5 heteroatoms. The molecular formula is C20H23N3O2. The molecule has 1 N–H and O–H groups in total. The van der Waals surface area contributed by atoms with Gasteiger partial charge in [-0.05, 0) is 61.3 Å². The molecule has 4 rings (SSSR count). The minimum absolute atomic E-state index is 0.0409. The van der Waals surface area contributed by atoms with Crippen molar-refractivity contribution in [3.05, 3.63) is 63.3 Å². The van der Waals surface area contributed by atoms with Gasteiger partial charge in [0, 0.05) is 18.4 Å². The summed E-state index contributed by atoms with van der Waals surface area (Å²) in [5.74, 6) is 0.135. The lowest BCUT2D eigenvalue weighted by molar-refractivity contribution is -0.131. The second-order valence-electron chi connectivity index (χ2n) is 7.06. The molecule has 1 saturated heterocycles. The van der Waals surface area contributed by atoms with Crippen molar-refractivity contribution in [2.75, 3.05) is 6.54 Å². The van der Waals surface area contributed by atoms with Gasteiger partial charge in [-0.2, -0.15) is 0 Å². The summed E-state index contributed by atoms with van der Waals surface area (Å²) in [6, 6.07) is 8.27. The number of aromatic nitrogens is 2. The Balaban J connectivity index is 1.51. The molecule has 1 atom stereocenters. The van der Waals surface area contributed by atoms with Gasteiger partial charge in [0.2, 0.25) is 5.91 Å². The van der Waals surface area contributed by atoms with Gasteiger partial charge in [0.1, 0.15) is 0 Å². The molecule has 5 nitrogen and oxygen atoms in total. The molecule has 2 heterocycles. The average Bonchev–Trinajstić information content (AvgIpc) is 3.11. The Bertz CT molecular complexity index is 843. The highest BCUT2D eigenvalue weighted by atomic mass is 16.2. The molecule has 1 aliphatic carbocycles. The molecule has 0 bridgehead atoms. The van der Waals surface area contributed by atoms with E-state index in [9.17, 15) is 9.59 Å². The zero-order chi connectivity index (χ0) is 17.2. The van der Waals surface area contributed by atoms with E-state index in [4.69, 9.17) is 0 Å². The first-order valence-electron chi connectivity index (χ1n) is 9.16. The molecule has 1 aromatic carbocycles. The van der Waals surface area contributed by atoms with Crippen LogP contribution in [0.15, 0.2) is 35.3 Å². The van der Waals surface area contributed by atoms with Gasteiger partial charge in [-0.3, -0.25) is 4.79 Å². The van der Waals surface area contributed by atoms with Crippen molar-refractivity contribution < 1.29 is 4.79 Å². The van der Waals surface area contributed by atoms with E-state index in [2.05, 4.69) is 28.2 Å². The van der Waals surface area contributed by atoms with Gasteiger partial charge in [0.05, 0.1) is 12.5 Å². The van der Waals surface area contributed by atoms with Crippen molar-refractivity contribution in [1.82, 2.24) is 14.9 Å². The molecule has 2 aliphatic rings. The number of nitrogens with one attached hydrogen (secondary N) is 1. The van der Waals surface area contributed by atoms with Crippen LogP contribution in [0, 0.1) is 0 Å². The number of amides is 1. The monoisotopic (exact) mass is 337 g/mol. The van der Waals surface area contributed by atoms with Crippen LogP contribution < -0.4 is 5.69 Å². The van der Waals surface area contributed by atoms with Gasteiger partial charge in [-0.15, -0.1) is 0 Å². The fourth-order valence-corrected chi connectivity index (χ4v) is 4.14. The summed E-state index contributed by atoms with van der Waals surface area (Å²) in [6.07, 6.45) is 8.59. The lowest BCUT2D eigenvalue weighted by Crippen LogP contribution is -2.33. The highest BCUT2D eigenvalue weighted by Crippen LogP contribution is 2.31. The van der Waals surface area contributed by atoms with E-state index in [0.717, 1.165) is 43.5 Å². The predicted octanol–water partition coefficient (Wildman–Crippen LogP) is 2.55. The molecule has 1 aliphatic heterocycles. The van der Waals surface area contributed by atoms with Crippen LogP contribution in [0.5, 0.6) is 0 Å². The highest BCUT2D eigenvalue weighted by molar-refractivity contribution is 5.79. The van der Waals surface area contributed by atoms with Crippen LogP contribution in [-0.2, 0) is 24.1 Å². The molecule has 1 aromatic heterocycles. The molecule has 2 aromatic rings. The number of carbonyl (C=O) groups is 1. The minimum Gasteiger partial charge on any atom is -0.334 e. The maximum Gasteiger partial charge on any atom is 0.345 e. The normalized spacial score (nSPS) is 19.7. The maximum absolute atomic E-state index is 12.9. The summed E-state index contributed by atoms with van der Waals surface area (Å²) in [6.45, 7) is 0.749. The standard InChI is InChI=1S/C20H23N3O2/c24-19(13-14-7-8-15-4-1-2-5-16(15)12-14)23-11-3-6-18(23)17-9-10-21-20(25)22-17/h7-10,12,18H,1-6,11,13H2,(H,21,22,25). The van der Waals surface area contributed by atoms with Crippen LogP contribution in [0.3, 0.4) is 0 Å². The van der Waals surface area contributed by atoms with Crippen molar-refractivity contribution in [3.8, 4) is 0 Å². The molecule has 0 saturated carbocycles. The number of likely N-dealkylation sites (tertiary alicyclic amines) is 1. The number of H-pyrrole nitrogens is 1. The Labute approximate surface area is 147 Å². The van der Waals surface area contributed by atoms with E-state index in [-0.39, 0.29) is 17.6 Å². The molecule has 130 valence electrons. The number of rotatable bonds is 3. The minimum atomic E-state index is -0.355. The first kappa shape index (κ1) is 16.1. The van der Waals surface area contributed by atoms with Crippen molar-refractivity contribution in [2.45, 2.75) is 51.0 Å². The van der Waals surface area contributed by atoms with E-state index in [1.807, 2.05) is 4.90 Å². The third kappa shape index (κ3) is 3.36. The number of carbonyl (C=O) groups excluding carboxylic acids is 1. The number of aromatic amines is 1. The van der Waals surface area contributed by atoms with Crippen LogP contribution in [0.2, 0.25) is 0 Å². The predicted molar refractivity (Wildman–Crippen MR) is 95.3 cm³/mol. The summed E-state index contributed by atoms with van der Waals surface area (Å²) in [5, 5.41) is 0. The third-order valence-electron chi connectivity index (χ3n) is 5.40. The fraction of sp³-hybridized carbons (Fsp3) is 0.450. The lowest BCUT2D eigenvalue weighted by atomic mass is 9.90. The van der Waals surface area contributed by atoms with E-state index < -0.39 is 0 Å². The van der Waals surface area contributed by atoms with Gasteiger partial charge < -0.3 is 9.88 Å². The fourth-order valence-electron chi connectivity index (χ4n) is 4.14. The van der Waals surface area contributed by atoms with Crippen LogP contribution in [-0.4, -0.2) is 27.3 Å². The summed E-state index contributed by atoms with van der Waals surface area (Å²) in [7, 11) is 0. The Hall–Kier alpha value is -2.43. The molecular weight excluding hydrogens is 314 g/mol. The first-order chi connectivity index (χ1) is 12.2. The van der Waals surface area contributed by atoms with E-state index >= 15 is 0 Å². The van der Waals surface area contributed by atoms with Crippen molar-refractivity contribution >= 4 is 5.91 Å². The molecule has 25 heavy (non-hydrogen) atoms. The number of hydrogen-bond acceptors (Lipinski definition) is 3. The van der Waals surface area contributed by atoms with Crippen molar-refractivity contribution in [2.24, 2.45) is 0 Å². The summed E-state index contributed by atoms with van der Waals surface area (Å²) in [4.78, 5) is 32.7. The third-order valence-corrected chi connectivity index (χ3v) is 5.40. The Morgan fingerprint density at radius 3 is 2.84 bits per heavy atom. The Morgan fingerprint density at radius 1 is 1.16 bits per heavy atom. The molecule has 1 unspecified atom stereocenters. The second-order valence-corrected chi connectivity index (χ2v) is 7.06. The van der Waals surface area contributed by atoms with E-state index in [1.54, 1.807) is 6.07 Å². The smallest absolute Gasteiger partial charge is 0.334 e. The first-order valence-corrected chi connectivity index (χ1v) is 9.16. The topological polar surface area (TPSA) is 66.1 Å². The van der Waals surface area contributed by atoms with Gasteiger partial charge >= 0.3 is 5.69 Å². The SMILES string of the molecule is O=C(Cc1ccc2c(c1)CCCC2)N1CCCC1c1ccnc(=O)[nH]1. The summed E-state index contributed by atoms with van der Waals surface area (Å²) in [5.41, 5.74) is 4.38. The number of nitrogens with zero attached hydrogens (tertiary/aromatic N) is 2. The average molecular weight is 337 g/mol. The summed E-state index contributed by atoms with van der Waals surface area (Å²) < 4.78 is 0. The Kier molecular flexibility index (Phi) is 4.38. The van der Waals surface area contributed by atoms with Gasteiger partial charge in [-0.1, -0.05) is 18.2 Å². The van der Waals surface area contributed by atoms with Crippen LogP contribution >= 0.6 is 0 Å². The van der Waals surface area contributed by atoms with Crippen LogP contribution in [0.25, 0.3) is 0 Å². The largest absolute Gasteiger partial charge is 0.345 e. The number of aryl methyl sites for hydroxylation is 2. The highest BCUT2D eigenvalue weighted by Gasteiger charge is 2.30. The van der Waals surface area contributed by atoms with E-state index in [0.29, 0.717) is 6.42 Å². The van der Waals surface area contributed by atoms with Gasteiger partial charge in [-0.25, -0.2) is 9.78 Å². The molecule has 1 amide bonds. The summed E-state index contributed by atoms with van der Waals surface area (Å²) >= 11 is 0. The molecule has 0 spiro atoms. The number of fused-ring (bicyclic) bond motifs is 1. The lowest BCUT2D eigenvalue weighted by Gasteiger charge is -2.25. The molecule has 0 radical (unpaired) electrons. The number of benzene rings is 1. The van der Waals surface area contributed by atoms with E-state index in [1.165, 1.54) is 30.2 Å². The van der Waals surface area contributed by atoms with Crippen LogP contribution in [0.1, 0.15) is 54.1 Å². The quantitative estimate of drug-likeness (QED) is 0.936. The maximum atomic E-state index is 12.9. The van der Waals surface area contributed by atoms with Gasteiger partial charge in [0.15, 0.2) is 0 Å². The second kappa shape index (κ2) is 6.82. The van der Waals surface area contributed by atoms with Crippen LogP contribution in [0.4, 0.5) is 0 Å². The molecule has 1 fully saturated rings. The number of hydrogen-bond donors (Lipinski definition) is 1. The van der Waals surface area contributed by atoms with Crippen molar-refractivity contribution in [1.29, 1.82) is 0 Å². The van der Waals surface area contributed by atoms with Gasteiger partial charge in [0.25, 0.3) is 0 Å². The van der Waals surface area contributed by atoms with Crippen molar-refractivity contribution in [3.63, 3.8) is 0 Å². The zero-order valence-electron chi connectivity index (χ0n) is 14.3. The zero-order valence-corrected chi connectivity index (χ0v) is 14.3.